The summed E-state index contributed by atoms with van der Waals surface area (Å²) in [6.07, 6.45) is 0.160. The molecule has 1 aromatic carbocycles. The molecule has 0 spiro atoms. The molecule has 0 bridgehead atoms. The quantitative estimate of drug-likeness (QED) is 0.836. The molecular weight excluding hydrogens is 236 g/mol. The van der Waals surface area contributed by atoms with Gasteiger partial charge in [-0.2, -0.15) is 0 Å². The van der Waals surface area contributed by atoms with Crippen molar-refractivity contribution in [3.05, 3.63) is 34.9 Å². The van der Waals surface area contributed by atoms with Gasteiger partial charge in [0.1, 0.15) is 0 Å². The first-order chi connectivity index (χ1) is 8.65. The molecule has 1 N–H and O–H groups in total. The molecular formula is C17H26O2. The Bertz CT molecular complexity index is 456. The maximum absolute atomic E-state index is 11.0. The normalized spacial score (nSPS) is 12.2. The molecule has 0 heterocycles. The largest absolute Gasteiger partial charge is 0.481 e. The van der Waals surface area contributed by atoms with E-state index in [2.05, 4.69) is 45.9 Å². The van der Waals surface area contributed by atoms with Crippen LogP contribution in [0.4, 0.5) is 0 Å². The van der Waals surface area contributed by atoms with Gasteiger partial charge in [0, 0.05) is 5.41 Å². The van der Waals surface area contributed by atoms with E-state index in [1.54, 1.807) is 0 Å². The van der Waals surface area contributed by atoms with Crippen molar-refractivity contribution in [1.82, 2.24) is 0 Å². The Kier molecular flexibility index (Phi) is 4.78. The van der Waals surface area contributed by atoms with Gasteiger partial charge in [0.25, 0.3) is 0 Å². The van der Waals surface area contributed by atoms with Gasteiger partial charge in [0.05, 0.1) is 6.42 Å². The Balaban J connectivity index is 3.31. The lowest BCUT2D eigenvalue weighted by Gasteiger charge is -2.28. The number of carboxylic acid groups (broad SMARTS) is 1. The van der Waals surface area contributed by atoms with Gasteiger partial charge in [-0.1, -0.05) is 59.7 Å². The molecule has 0 aromatic heterocycles. The monoisotopic (exact) mass is 262 g/mol. The van der Waals surface area contributed by atoms with Crippen LogP contribution in [0.25, 0.3) is 0 Å². The van der Waals surface area contributed by atoms with Gasteiger partial charge in [-0.05, 0) is 28.5 Å². The molecule has 0 aliphatic carbocycles. The fraction of sp³-hybridized carbons (Fsp3) is 0.588. The Morgan fingerprint density at radius 3 is 2.16 bits per heavy atom. The third-order valence-electron chi connectivity index (χ3n) is 3.69. The summed E-state index contributed by atoms with van der Waals surface area (Å²) in [5, 5.41) is 9.08. The highest BCUT2D eigenvalue weighted by molar-refractivity contribution is 5.69. The highest BCUT2D eigenvalue weighted by Crippen LogP contribution is 2.35. The zero-order valence-electron chi connectivity index (χ0n) is 12.9. The predicted octanol–water partition coefficient (Wildman–Crippen LogP) is 4.69. The lowest BCUT2D eigenvalue weighted by atomic mass is 9.76. The maximum Gasteiger partial charge on any atom is 0.304 e. The van der Waals surface area contributed by atoms with Crippen molar-refractivity contribution in [2.24, 2.45) is 0 Å². The van der Waals surface area contributed by atoms with E-state index in [0.717, 1.165) is 5.56 Å². The molecule has 0 unspecified atom stereocenters. The molecule has 0 aliphatic heterocycles. The first-order valence-corrected chi connectivity index (χ1v) is 7.01. The van der Waals surface area contributed by atoms with Crippen LogP contribution in [-0.2, 0) is 10.2 Å². The highest BCUT2D eigenvalue weighted by Gasteiger charge is 2.27. The van der Waals surface area contributed by atoms with Gasteiger partial charge in [-0.25, -0.2) is 0 Å². The van der Waals surface area contributed by atoms with Crippen molar-refractivity contribution in [1.29, 1.82) is 0 Å². The molecule has 2 nitrogen and oxygen atoms in total. The molecule has 0 atom stereocenters. The summed E-state index contributed by atoms with van der Waals surface area (Å²) in [5.74, 6) is 0.156. The fourth-order valence-electron chi connectivity index (χ4n) is 2.51. The minimum Gasteiger partial charge on any atom is -0.481 e. The molecule has 106 valence electrons. The summed E-state index contributed by atoms with van der Waals surface area (Å²) < 4.78 is 0. The standard InChI is InChI=1S/C17H26O2/c1-11(2)13-7-8-15(14(9-13)12(3)4)17(5,6)10-16(18)19/h7-9,11-12H,10H2,1-6H3,(H,18,19). The van der Waals surface area contributed by atoms with Gasteiger partial charge in [0.2, 0.25) is 0 Å². The minimum atomic E-state index is -0.743. The number of carboxylic acids is 1. The van der Waals surface area contributed by atoms with E-state index in [-0.39, 0.29) is 11.8 Å². The lowest BCUT2D eigenvalue weighted by molar-refractivity contribution is -0.138. The van der Waals surface area contributed by atoms with Gasteiger partial charge in [-0.15, -0.1) is 0 Å². The number of hydrogen-bond acceptors (Lipinski definition) is 1. The van der Waals surface area contributed by atoms with Crippen molar-refractivity contribution in [3.63, 3.8) is 0 Å². The van der Waals surface area contributed by atoms with Crippen LogP contribution in [0.15, 0.2) is 18.2 Å². The molecule has 0 fully saturated rings. The Morgan fingerprint density at radius 1 is 1.16 bits per heavy atom. The summed E-state index contributed by atoms with van der Waals surface area (Å²) >= 11 is 0. The van der Waals surface area contributed by atoms with Crippen LogP contribution in [0.1, 0.15) is 76.5 Å². The van der Waals surface area contributed by atoms with Crippen LogP contribution < -0.4 is 0 Å². The molecule has 0 aliphatic rings. The second-order valence-corrected chi connectivity index (χ2v) is 6.61. The van der Waals surface area contributed by atoms with Gasteiger partial charge in [0.15, 0.2) is 0 Å². The third-order valence-corrected chi connectivity index (χ3v) is 3.69. The first-order valence-electron chi connectivity index (χ1n) is 7.01. The Hall–Kier alpha value is -1.31. The zero-order chi connectivity index (χ0) is 14.8. The zero-order valence-corrected chi connectivity index (χ0v) is 12.9. The molecule has 1 aromatic rings. The van der Waals surface area contributed by atoms with E-state index >= 15 is 0 Å². The smallest absolute Gasteiger partial charge is 0.304 e. The van der Waals surface area contributed by atoms with Gasteiger partial charge < -0.3 is 5.11 Å². The molecule has 0 radical (unpaired) electrons. The average Bonchev–Trinajstić information content (AvgIpc) is 2.26. The highest BCUT2D eigenvalue weighted by atomic mass is 16.4. The van der Waals surface area contributed by atoms with Crippen LogP contribution in [0.3, 0.4) is 0 Å². The Labute approximate surface area is 116 Å². The molecule has 0 saturated heterocycles. The second kappa shape index (κ2) is 5.77. The van der Waals surface area contributed by atoms with Crippen LogP contribution in [0.5, 0.6) is 0 Å². The topological polar surface area (TPSA) is 37.3 Å². The predicted molar refractivity (Wildman–Crippen MR) is 79.9 cm³/mol. The third kappa shape index (κ3) is 3.82. The Morgan fingerprint density at radius 2 is 1.74 bits per heavy atom. The number of rotatable bonds is 5. The maximum atomic E-state index is 11.0. The van der Waals surface area contributed by atoms with Gasteiger partial charge >= 0.3 is 5.97 Å². The second-order valence-electron chi connectivity index (χ2n) is 6.61. The summed E-state index contributed by atoms with van der Waals surface area (Å²) in [4.78, 5) is 11.0. The molecule has 0 amide bonds. The van der Waals surface area contributed by atoms with E-state index in [1.807, 2.05) is 13.8 Å². The van der Waals surface area contributed by atoms with E-state index in [4.69, 9.17) is 5.11 Å². The molecule has 2 heteroatoms. The van der Waals surface area contributed by atoms with E-state index < -0.39 is 5.97 Å². The lowest BCUT2D eigenvalue weighted by Crippen LogP contribution is -2.24. The fourth-order valence-corrected chi connectivity index (χ4v) is 2.51. The number of aliphatic carboxylic acids is 1. The van der Waals surface area contributed by atoms with E-state index in [0.29, 0.717) is 11.8 Å². The molecule has 1 rings (SSSR count). The molecule has 0 saturated carbocycles. The number of hydrogen-bond donors (Lipinski definition) is 1. The summed E-state index contributed by atoms with van der Waals surface area (Å²) in [7, 11) is 0. The van der Waals surface area contributed by atoms with Crippen molar-refractivity contribution >= 4 is 5.97 Å². The molecule has 19 heavy (non-hydrogen) atoms. The van der Waals surface area contributed by atoms with Crippen molar-refractivity contribution < 1.29 is 9.90 Å². The summed E-state index contributed by atoms with van der Waals surface area (Å²) in [5.41, 5.74) is 3.42. The van der Waals surface area contributed by atoms with Crippen molar-refractivity contribution in [2.45, 2.75) is 65.2 Å². The SMILES string of the molecule is CC(C)c1ccc(C(C)(C)CC(=O)O)c(C(C)C)c1. The van der Waals surface area contributed by atoms with E-state index in [1.165, 1.54) is 11.1 Å². The van der Waals surface area contributed by atoms with Crippen molar-refractivity contribution in [2.75, 3.05) is 0 Å². The van der Waals surface area contributed by atoms with E-state index in [9.17, 15) is 4.79 Å². The first kappa shape index (κ1) is 15.7. The minimum absolute atomic E-state index is 0.160. The van der Waals surface area contributed by atoms with Crippen molar-refractivity contribution in [3.8, 4) is 0 Å². The van der Waals surface area contributed by atoms with Crippen LogP contribution in [0.2, 0.25) is 0 Å². The average molecular weight is 262 g/mol. The van der Waals surface area contributed by atoms with Crippen LogP contribution >= 0.6 is 0 Å². The number of benzene rings is 1. The van der Waals surface area contributed by atoms with Gasteiger partial charge in [-0.3, -0.25) is 4.79 Å². The van der Waals surface area contributed by atoms with Crippen LogP contribution in [-0.4, -0.2) is 11.1 Å². The van der Waals surface area contributed by atoms with Crippen LogP contribution in [0, 0.1) is 0 Å². The summed E-state index contributed by atoms with van der Waals surface area (Å²) in [6, 6.07) is 6.50. The number of carbonyl (C=O) groups is 1. The summed E-state index contributed by atoms with van der Waals surface area (Å²) in [6.45, 7) is 12.7.